The molecule has 0 saturated heterocycles. The molecule has 0 radical (unpaired) electrons. The summed E-state index contributed by atoms with van der Waals surface area (Å²) >= 11 is 12.9. The van der Waals surface area contributed by atoms with Crippen LogP contribution in [0.5, 0.6) is 11.5 Å². The van der Waals surface area contributed by atoms with E-state index in [0.29, 0.717) is 24.0 Å². The lowest BCUT2D eigenvalue weighted by molar-refractivity contribution is -0.0780. The summed E-state index contributed by atoms with van der Waals surface area (Å²) in [5.41, 5.74) is 0.809. The number of hydrogen-bond donors (Lipinski definition) is 0. The third-order valence-electron chi connectivity index (χ3n) is 4.25. The number of benzene rings is 1. The second-order valence-electron chi connectivity index (χ2n) is 5.43. The Balaban J connectivity index is 1.82. The first-order valence-electron chi connectivity index (χ1n) is 6.92. The van der Waals surface area contributed by atoms with Gasteiger partial charge in [-0.1, -0.05) is 11.6 Å². The zero-order valence-electron chi connectivity index (χ0n) is 11.5. The predicted molar refractivity (Wildman–Crippen MR) is 79.2 cm³/mol. The number of hydrogen-bond acceptors (Lipinski definition) is 3. The van der Waals surface area contributed by atoms with E-state index in [4.69, 9.17) is 37.4 Å². The summed E-state index contributed by atoms with van der Waals surface area (Å²) in [6, 6.07) is 3.69. The Morgan fingerprint density at radius 1 is 1.25 bits per heavy atom. The van der Waals surface area contributed by atoms with Crippen LogP contribution < -0.4 is 9.47 Å². The highest BCUT2D eigenvalue weighted by Gasteiger charge is 2.39. The topological polar surface area (TPSA) is 27.7 Å². The van der Waals surface area contributed by atoms with Crippen LogP contribution in [-0.4, -0.2) is 25.9 Å². The Kier molecular flexibility index (Phi) is 4.02. The molecule has 3 rings (SSSR count). The van der Waals surface area contributed by atoms with Crippen LogP contribution in [-0.2, 0) is 4.74 Å². The van der Waals surface area contributed by atoms with Gasteiger partial charge in [-0.15, -0.1) is 11.6 Å². The van der Waals surface area contributed by atoms with E-state index < -0.39 is 0 Å². The first-order valence-corrected chi connectivity index (χ1v) is 7.73. The molecule has 0 N–H and O–H groups in total. The molecule has 1 aromatic carbocycles. The number of alkyl halides is 1. The number of halogens is 2. The standard InChI is InChI=1S/C15H18Cl2O3/c1-18-15(3-2-4-15)9-12(17)10-7-13-14(8-11(10)16)20-6-5-19-13/h7-8,12H,2-6,9H2,1H3. The van der Waals surface area contributed by atoms with Crippen LogP contribution in [0.1, 0.15) is 36.6 Å². The zero-order valence-corrected chi connectivity index (χ0v) is 13.0. The molecule has 0 aromatic heterocycles. The van der Waals surface area contributed by atoms with Gasteiger partial charge >= 0.3 is 0 Å². The van der Waals surface area contributed by atoms with Crippen LogP contribution >= 0.6 is 23.2 Å². The number of rotatable bonds is 4. The van der Waals surface area contributed by atoms with Gasteiger partial charge in [0.25, 0.3) is 0 Å². The average molecular weight is 317 g/mol. The molecule has 0 bridgehead atoms. The Bertz CT molecular complexity index is 495. The smallest absolute Gasteiger partial charge is 0.162 e. The van der Waals surface area contributed by atoms with E-state index in [1.165, 1.54) is 6.42 Å². The lowest BCUT2D eigenvalue weighted by atomic mass is 9.76. The second kappa shape index (κ2) is 5.63. The summed E-state index contributed by atoms with van der Waals surface area (Å²) in [5.74, 6) is 1.42. The number of ether oxygens (including phenoxy) is 3. The molecule has 2 aliphatic rings. The van der Waals surface area contributed by atoms with E-state index in [1.54, 1.807) is 13.2 Å². The average Bonchev–Trinajstić information content (AvgIpc) is 2.42. The van der Waals surface area contributed by atoms with Crippen molar-refractivity contribution in [1.29, 1.82) is 0 Å². The van der Waals surface area contributed by atoms with Gasteiger partial charge in [-0.25, -0.2) is 0 Å². The lowest BCUT2D eigenvalue weighted by Crippen LogP contribution is -2.39. The van der Waals surface area contributed by atoms with Gasteiger partial charge < -0.3 is 14.2 Å². The number of methoxy groups -OCH3 is 1. The molecule has 1 unspecified atom stereocenters. The molecule has 5 heteroatoms. The SMILES string of the molecule is COC1(CC(Cl)c2cc3c(cc2Cl)OCCO3)CCC1. The van der Waals surface area contributed by atoms with Crippen molar-refractivity contribution >= 4 is 23.2 Å². The quantitative estimate of drug-likeness (QED) is 0.773. The fraction of sp³-hybridized carbons (Fsp3) is 0.600. The summed E-state index contributed by atoms with van der Waals surface area (Å²) in [5, 5.41) is 0.443. The van der Waals surface area contributed by atoms with Crippen molar-refractivity contribution in [2.24, 2.45) is 0 Å². The van der Waals surface area contributed by atoms with Gasteiger partial charge in [-0.3, -0.25) is 0 Å². The second-order valence-corrected chi connectivity index (χ2v) is 6.36. The molecule has 20 heavy (non-hydrogen) atoms. The van der Waals surface area contributed by atoms with Crippen molar-refractivity contribution in [3.63, 3.8) is 0 Å². The van der Waals surface area contributed by atoms with Crippen LogP contribution in [0.2, 0.25) is 5.02 Å². The van der Waals surface area contributed by atoms with Gasteiger partial charge in [0.1, 0.15) is 13.2 Å². The fourth-order valence-corrected chi connectivity index (χ4v) is 3.62. The molecule has 1 fully saturated rings. The number of fused-ring (bicyclic) bond motifs is 1. The molecule has 1 aliphatic carbocycles. The molecular formula is C15H18Cl2O3. The van der Waals surface area contributed by atoms with Crippen molar-refractivity contribution in [2.45, 2.75) is 36.7 Å². The molecular weight excluding hydrogens is 299 g/mol. The normalized spacial score (nSPS) is 21.1. The fourth-order valence-electron chi connectivity index (χ4n) is 2.82. The van der Waals surface area contributed by atoms with Gasteiger partial charge in [-0.2, -0.15) is 0 Å². The van der Waals surface area contributed by atoms with Crippen molar-refractivity contribution in [3.8, 4) is 11.5 Å². The van der Waals surface area contributed by atoms with Crippen molar-refractivity contribution in [3.05, 3.63) is 22.7 Å². The molecule has 0 spiro atoms. The van der Waals surface area contributed by atoms with Gasteiger partial charge in [-0.05, 0) is 37.3 Å². The minimum atomic E-state index is -0.182. The molecule has 1 aromatic rings. The highest BCUT2D eigenvalue weighted by Crippen LogP contribution is 2.47. The molecule has 1 heterocycles. The molecule has 1 aliphatic heterocycles. The highest BCUT2D eigenvalue weighted by molar-refractivity contribution is 6.33. The first kappa shape index (κ1) is 14.3. The zero-order chi connectivity index (χ0) is 14.2. The molecule has 1 atom stereocenters. The summed E-state index contributed by atoms with van der Waals surface area (Å²) in [6.07, 6.45) is 4.10. The minimum Gasteiger partial charge on any atom is -0.486 e. The summed E-state index contributed by atoms with van der Waals surface area (Å²) in [6.45, 7) is 1.11. The van der Waals surface area contributed by atoms with Crippen LogP contribution in [0.15, 0.2) is 12.1 Å². The highest BCUT2D eigenvalue weighted by atomic mass is 35.5. The molecule has 1 saturated carbocycles. The Hall–Kier alpha value is -0.640. The largest absolute Gasteiger partial charge is 0.486 e. The third kappa shape index (κ3) is 2.59. The van der Waals surface area contributed by atoms with E-state index >= 15 is 0 Å². The predicted octanol–water partition coefficient (Wildman–Crippen LogP) is 4.35. The maximum absolute atomic E-state index is 6.57. The van der Waals surface area contributed by atoms with E-state index in [1.807, 2.05) is 6.07 Å². The summed E-state index contributed by atoms with van der Waals surface area (Å²) in [7, 11) is 1.76. The molecule has 0 amide bonds. The maximum atomic E-state index is 6.57. The van der Waals surface area contributed by atoms with Crippen LogP contribution in [0.3, 0.4) is 0 Å². The maximum Gasteiger partial charge on any atom is 0.162 e. The monoisotopic (exact) mass is 316 g/mol. The Labute approximate surface area is 129 Å². The van der Waals surface area contributed by atoms with Gasteiger partial charge in [0.15, 0.2) is 11.5 Å². The molecule has 3 nitrogen and oxygen atoms in total. The van der Waals surface area contributed by atoms with Crippen molar-refractivity contribution in [1.82, 2.24) is 0 Å². The van der Waals surface area contributed by atoms with E-state index in [0.717, 1.165) is 30.6 Å². The van der Waals surface area contributed by atoms with Crippen molar-refractivity contribution < 1.29 is 14.2 Å². The van der Waals surface area contributed by atoms with E-state index in [-0.39, 0.29) is 11.0 Å². The third-order valence-corrected chi connectivity index (χ3v) is 4.96. The van der Waals surface area contributed by atoms with Gasteiger partial charge in [0.2, 0.25) is 0 Å². The van der Waals surface area contributed by atoms with Crippen LogP contribution in [0.25, 0.3) is 0 Å². The van der Waals surface area contributed by atoms with Gasteiger partial charge in [0, 0.05) is 18.2 Å². The van der Waals surface area contributed by atoms with Crippen LogP contribution in [0.4, 0.5) is 0 Å². The van der Waals surface area contributed by atoms with E-state index in [9.17, 15) is 0 Å². The van der Waals surface area contributed by atoms with Crippen LogP contribution in [0, 0.1) is 0 Å². The van der Waals surface area contributed by atoms with Gasteiger partial charge in [0.05, 0.1) is 11.0 Å². The Morgan fingerprint density at radius 3 is 2.45 bits per heavy atom. The Morgan fingerprint density at radius 2 is 1.90 bits per heavy atom. The summed E-state index contributed by atoms with van der Waals surface area (Å²) < 4.78 is 16.7. The molecule has 110 valence electrons. The van der Waals surface area contributed by atoms with Crippen molar-refractivity contribution in [2.75, 3.05) is 20.3 Å². The first-order chi connectivity index (χ1) is 9.63. The van der Waals surface area contributed by atoms with E-state index in [2.05, 4.69) is 0 Å². The lowest BCUT2D eigenvalue weighted by Gasteiger charge is -2.42. The minimum absolute atomic E-state index is 0.0804. The summed E-state index contributed by atoms with van der Waals surface area (Å²) in [4.78, 5) is 0.